The van der Waals surface area contributed by atoms with Gasteiger partial charge in [0.05, 0.1) is 5.52 Å². The molecule has 3 rings (SSSR count). The molecule has 2 nitrogen and oxygen atoms in total. The van der Waals surface area contributed by atoms with Gasteiger partial charge in [0.25, 0.3) is 0 Å². The molecule has 0 radical (unpaired) electrons. The highest BCUT2D eigenvalue weighted by Gasteiger charge is 2.34. The number of halogens is 2. The van der Waals surface area contributed by atoms with Gasteiger partial charge in [0.15, 0.2) is 5.78 Å². The van der Waals surface area contributed by atoms with E-state index in [1.54, 1.807) is 0 Å². The molecule has 1 aromatic heterocycles. The lowest BCUT2D eigenvalue weighted by Gasteiger charge is -2.28. The maximum Gasteiger partial charge on any atom is 0.165 e. The summed E-state index contributed by atoms with van der Waals surface area (Å²) in [6.07, 6.45) is 1.08. The zero-order chi connectivity index (χ0) is 13.1. The van der Waals surface area contributed by atoms with Crippen molar-refractivity contribution in [3.8, 4) is 0 Å². The van der Waals surface area contributed by atoms with Crippen LogP contribution in [-0.2, 0) is 6.42 Å². The number of ketones is 1. The Hall–Kier alpha value is -1.71. The summed E-state index contributed by atoms with van der Waals surface area (Å²) in [6.45, 7) is 3.99. The van der Waals surface area contributed by atoms with Crippen LogP contribution in [0.1, 0.15) is 36.3 Å². The first-order valence-corrected chi connectivity index (χ1v) is 5.90. The number of aromatic amines is 1. The number of carbonyl (C=O) groups excluding carboxylic acids is 1. The lowest BCUT2D eigenvalue weighted by Crippen LogP contribution is -2.26. The first kappa shape index (κ1) is 11.4. The minimum atomic E-state index is -0.653. The third-order valence-electron chi connectivity index (χ3n) is 3.48. The van der Waals surface area contributed by atoms with Crippen LogP contribution in [0.4, 0.5) is 8.78 Å². The maximum atomic E-state index is 13.7. The summed E-state index contributed by atoms with van der Waals surface area (Å²) >= 11 is 0. The molecule has 0 bridgehead atoms. The molecule has 1 heterocycles. The van der Waals surface area contributed by atoms with Gasteiger partial charge in [-0.25, -0.2) is 8.78 Å². The second-order valence-corrected chi connectivity index (χ2v) is 5.73. The van der Waals surface area contributed by atoms with E-state index < -0.39 is 11.6 Å². The molecule has 0 fully saturated rings. The molecule has 18 heavy (non-hydrogen) atoms. The topological polar surface area (TPSA) is 32.9 Å². The van der Waals surface area contributed by atoms with Crippen LogP contribution in [-0.4, -0.2) is 10.8 Å². The summed E-state index contributed by atoms with van der Waals surface area (Å²) < 4.78 is 26.9. The van der Waals surface area contributed by atoms with Gasteiger partial charge in [0, 0.05) is 29.1 Å². The molecule has 1 aliphatic rings. The van der Waals surface area contributed by atoms with Crippen molar-refractivity contribution >= 4 is 16.7 Å². The molecule has 0 aliphatic heterocycles. The third kappa shape index (κ3) is 1.55. The van der Waals surface area contributed by atoms with Gasteiger partial charge in [-0.2, -0.15) is 0 Å². The summed E-state index contributed by atoms with van der Waals surface area (Å²) in [5, 5.41) is 0.364. The van der Waals surface area contributed by atoms with Gasteiger partial charge in [0.1, 0.15) is 11.6 Å². The maximum absolute atomic E-state index is 13.7. The summed E-state index contributed by atoms with van der Waals surface area (Å²) in [5.41, 5.74) is 1.27. The lowest BCUT2D eigenvalue weighted by atomic mass is 9.76. The fourth-order valence-corrected chi connectivity index (χ4v) is 2.79. The largest absolute Gasteiger partial charge is 0.355 e. The normalized spacial score (nSPS) is 18.1. The van der Waals surface area contributed by atoms with Crippen molar-refractivity contribution in [3.05, 3.63) is 35.0 Å². The van der Waals surface area contributed by atoms with E-state index in [0.29, 0.717) is 23.8 Å². The van der Waals surface area contributed by atoms with Crippen molar-refractivity contribution in [1.29, 1.82) is 0 Å². The van der Waals surface area contributed by atoms with Gasteiger partial charge in [-0.1, -0.05) is 13.8 Å². The molecule has 4 heteroatoms. The smallest absolute Gasteiger partial charge is 0.165 e. The average Bonchev–Trinajstić information content (AvgIpc) is 2.54. The Kier molecular flexibility index (Phi) is 2.15. The highest BCUT2D eigenvalue weighted by atomic mass is 19.1. The number of hydrogen-bond donors (Lipinski definition) is 1. The number of benzene rings is 1. The van der Waals surface area contributed by atoms with E-state index in [-0.39, 0.29) is 16.7 Å². The first-order chi connectivity index (χ1) is 8.37. The number of fused-ring (bicyclic) bond motifs is 3. The second kappa shape index (κ2) is 3.40. The number of aromatic nitrogens is 1. The molecule has 0 saturated heterocycles. The van der Waals surface area contributed by atoms with Gasteiger partial charge >= 0.3 is 0 Å². The molecule has 2 aromatic rings. The third-order valence-corrected chi connectivity index (χ3v) is 3.48. The van der Waals surface area contributed by atoms with Gasteiger partial charge in [-0.3, -0.25) is 4.79 Å². The van der Waals surface area contributed by atoms with Crippen molar-refractivity contribution < 1.29 is 13.6 Å². The standard InChI is InChI=1S/C14H13F2NO/c1-14(2)5-10-12(11(18)6-14)8-3-7(15)4-9(16)13(8)17-10/h3-4,17H,5-6H2,1-2H3. The van der Waals surface area contributed by atoms with Crippen LogP contribution < -0.4 is 0 Å². The van der Waals surface area contributed by atoms with E-state index in [1.165, 1.54) is 6.07 Å². The molecule has 0 atom stereocenters. The minimum Gasteiger partial charge on any atom is -0.355 e. The second-order valence-electron chi connectivity index (χ2n) is 5.73. The Labute approximate surface area is 103 Å². The van der Waals surface area contributed by atoms with Gasteiger partial charge in [0.2, 0.25) is 0 Å². The van der Waals surface area contributed by atoms with E-state index in [2.05, 4.69) is 4.98 Å². The van der Waals surface area contributed by atoms with E-state index in [1.807, 2.05) is 13.8 Å². The fourth-order valence-electron chi connectivity index (χ4n) is 2.79. The molecule has 0 saturated carbocycles. The number of Topliss-reactive ketones (excluding diaryl/α,β-unsaturated/α-hetero) is 1. The minimum absolute atomic E-state index is 0.0440. The number of H-pyrrole nitrogens is 1. The van der Waals surface area contributed by atoms with Crippen molar-refractivity contribution in [2.75, 3.05) is 0 Å². The Morgan fingerprint density at radius 3 is 2.67 bits per heavy atom. The Morgan fingerprint density at radius 2 is 1.94 bits per heavy atom. The number of hydrogen-bond acceptors (Lipinski definition) is 1. The summed E-state index contributed by atoms with van der Waals surface area (Å²) in [6, 6.07) is 2.06. The van der Waals surface area contributed by atoms with E-state index in [4.69, 9.17) is 0 Å². The number of carbonyl (C=O) groups is 1. The molecule has 1 aromatic carbocycles. The SMILES string of the molecule is CC1(C)CC(=O)c2c([nH]c3c(F)cc(F)cc23)C1. The van der Waals surface area contributed by atoms with Crippen molar-refractivity contribution in [3.63, 3.8) is 0 Å². The highest BCUT2D eigenvalue weighted by molar-refractivity contribution is 6.10. The van der Waals surface area contributed by atoms with Crippen LogP contribution in [0.3, 0.4) is 0 Å². The van der Waals surface area contributed by atoms with Crippen molar-refractivity contribution in [2.24, 2.45) is 5.41 Å². The summed E-state index contributed by atoms with van der Waals surface area (Å²) in [5.74, 6) is -1.35. The van der Waals surface area contributed by atoms with Crippen LogP contribution >= 0.6 is 0 Å². The fraction of sp³-hybridized carbons (Fsp3) is 0.357. The van der Waals surface area contributed by atoms with Crippen LogP contribution in [0.5, 0.6) is 0 Å². The molecule has 94 valence electrons. The zero-order valence-corrected chi connectivity index (χ0v) is 10.2. The van der Waals surface area contributed by atoms with E-state index in [0.717, 1.165) is 11.8 Å². The van der Waals surface area contributed by atoms with Crippen molar-refractivity contribution in [2.45, 2.75) is 26.7 Å². The molecule has 0 spiro atoms. The molecule has 1 N–H and O–H groups in total. The van der Waals surface area contributed by atoms with Gasteiger partial charge < -0.3 is 4.98 Å². The predicted molar refractivity (Wildman–Crippen MR) is 64.6 cm³/mol. The lowest BCUT2D eigenvalue weighted by molar-refractivity contribution is 0.0913. The van der Waals surface area contributed by atoms with Crippen LogP contribution in [0, 0.1) is 17.0 Å². The van der Waals surface area contributed by atoms with Crippen LogP contribution in [0.15, 0.2) is 12.1 Å². The van der Waals surface area contributed by atoms with Gasteiger partial charge in [-0.15, -0.1) is 0 Å². The Bertz CT molecular complexity index is 670. The zero-order valence-electron chi connectivity index (χ0n) is 10.2. The number of rotatable bonds is 0. The monoisotopic (exact) mass is 249 g/mol. The van der Waals surface area contributed by atoms with Crippen molar-refractivity contribution in [1.82, 2.24) is 4.98 Å². The molecular formula is C14H13F2NO. The quantitative estimate of drug-likeness (QED) is 0.760. The first-order valence-electron chi connectivity index (χ1n) is 5.90. The summed E-state index contributed by atoms with van der Waals surface area (Å²) in [7, 11) is 0. The number of nitrogens with one attached hydrogen (secondary N) is 1. The van der Waals surface area contributed by atoms with Crippen LogP contribution in [0.25, 0.3) is 10.9 Å². The van der Waals surface area contributed by atoms with E-state index >= 15 is 0 Å². The predicted octanol–water partition coefficient (Wildman–Crippen LogP) is 3.60. The molecule has 1 aliphatic carbocycles. The highest BCUT2D eigenvalue weighted by Crippen LogP contribution is 2.38. The van der Waals surface area contributed by atoms with E-state index in [9.17, 15) is 13.6 Å². The summed E-state index contributed by atoms with van der Waals surface area (Å²) in [4.78, 5) is 15.1. The Morgan fingerprint density at radius 1 is 1.22 bits per heavy atom. The average molecular weight is 249 g/mol. The van der Waals surface area contributed by atoms with Crippen LogP contribution in [0.2, 0.25) is 0 Å². The molecule has 0 unspecified atom stereocenters. The Balaban J connectivity index is 2.34. The van der Waals surface area contributed by atoms with Gasteiger partial charge in [-0.05, 0) is 17.9 Å². The molecule has 0 amide bonds. The molecular weight excluding hydrogens is 236 g/mol.